The molecule has 5 rings (SSSR count). The van der Waals surface area contributed by atoms with E-state index in [1.165, 1.54) is 0 Å². The quantitative estimate of drug-likeness (QED) is 0.449. The average Bonchev–Trinajstić information content (AvgIpc) is 3.31. The molecule has 0 spiro atoms. The molecule has 202 valence electrons. The van der Waals surface area contributed by atoms with Crippen molar-refractivity contribution in [1.82, 2.24) is 0 Å². The number of fused-ring (bicyclic) bond motifs is 5. The number of ether oxygens (including phenoxy) is 1. The van der Waals surface area contributed by atoms with Crippen molar-refractivity contribution in [3.8, 4) is 0 Å². The van der Waals surface area contributed by atoms with Crippen molar-refractivity contribution in [1.29, 1.82) is 0 Å². The van der Waals surface area contributed by atoms with E-state index in [0.29, 0.717) is 18.3 Å². The molecule has 1 heterocycles. The molecule has 5 aliphatic rings. The van der Waals surface area contributed by atoms with Gasteiger partial charge < -0.3 is 25.2 Å². The van der Waals surface area contributed by atoms with Crippen LogP contribution in [0.15, 0.2) is 0 Å². The smallest absolute Gasteiger partial charge is 0.0865 e. The summed E-state index contributed by atoms with van der Waals surface area (Å²) in [4.78, 5) is 0. The van der Waals surface area contributed by atoms with Crippen LogP contribution in [-0.4, -0.2) is 56.0 Å². The summed E-state index contributed by atoms with van der Waals surface area (Å²) in [6.45, 7) is 17.5. The average molecular weight is 493 g/mol. The van der Waals surface area contributed by atoms with E-state index in [9.17, 15) is 20.4 Å². The van der Waals surface area contributed by atoms with Crippen molar-refractivity contribution in [3.05, 3.63) is 0 Å². The number of aliphatic hydroxyl groups excluding tert-OH is 3. The van der Waals surface area contributed by atoms with Crippen molar-refractivity contribution >= 4 is 0 Å². The Kier molecular flexibility index (Phi) is 5.80. The molecule has 5 fully saturated rings. The SMILES string of the molecule is CC(C)(O)[C@@H]1CC[C@](C)([C@H]2CC[C@]3(C)[C@@H]2[C@H](O)C[C@@H]2[C@@]4(C)C[C@@H](O)[C@H](O)C(C)(C)[C@@H]4CC[C@]23C)O1. The van der Waals surface area contributed by atoms with Gasteiger partial charge in [0.2, 0.25) is 0 Å². The number of hydrogen-bond donors (Lipinski definition) is 4. The molecule has 35 heavy (non-hydrogen) atoms. The van der Waals surface area contributed by atoms with E-state index >= 15 is 0 Å². The molecule has 0 aromatic rings. The lowest BCUT2D eigenvalue weighted by atomic mass is 9.35. The molecular weight excluding hydrogens is 440 g/mol. The third-order valence-corrected chi connectivity index (χ3v) is 13.2. The zero-order valence-corrected chi connectivity index (χ0v) is 23.5. The van der Waals surface area contributed by atoms with Gasteiger partial charge in [-0.05, 0) is 117 Å². The highest BCUT2D eigenvalue weighted by atomic mass is 16.5. The van der Waals surface area contributed by atoms with Gasteiger partial charge in [0.15, 0.2) is 0 Å². The predicted octanol–water partition coefficient (Wildman–Crippen LogP) is 4.68. The molecule has 0 aromatic carbocycles. The maximum atomic E-state index is 11.9. The van der Waals surface area contributed by atoms with Crippen molar-refractivity contribution < 1.29 is 25.2 Å². The molecule has 0 radical (unpaired) electrons. The van der Waals surface area contributed by atoms with E-state index in [1.54, 1.807) is 0 Å². The highest BCUT2D eigenvalue weighted by Crippen LogP contribution is 2.76. The van der Waals surface area contributed by atoms with E-state index in [-0.39, 0.29) is 45.2 Å². The van der Waals surface area contributed by atoms with Gasteiger partial charge in [0.1, 0.15) is 0 Å². The first-order chi connectivity index (χ1) is 15.9. The number of hydrogen-bond acceptors (Lipinski definition) is 5. The van der Waals surface area contributed by atoms with E-state index < -0.39 is 23.9 Å². The van der Waals surface area contributed by atoms with Crippen LogP contribution in [0.1, 0.15) is 107 Å². The van der Waals surface area contributed by atoms with Gasteiger partial charge in [0, 0.05) is 0 Å². The van der Waals surface area contributed by atoms with Crippen LogP contribution in [0.25, 0.3) is 0 Å². The fourth-order valence-corrected chi connectivity index (χ4v) is 11.2. The highest BCUT2D eigenvalue weighted by Gasteiger charge is 2.72. The van der Waals surface area contributed by atoms with Gasteiger partial charge in [-0.25, -0.2) is 0 Å². The second-order valence-corrected chi connectivity index (χ2v) is 15.6. The molecule has 4 aliphatic carbocycles. The zero-order chi connectivity index (χ0) is 26.0. The van der Waals surface area contributed by atoms with Gasteiger partial charge in [-0.3, -0.25) is 0 Å². The lowest BCUT2D eigenvalue weighted by molar-refractivity contribution is -0.264. The molecule has 1 aliphatic heterocycles. The summed E-state index contributed by atoms with van der Waals surface area (Å²) in [6, 6.07) is 0. The molecule has 5 heteroatoms. The molecule has 0 amide bonds. The van der Waals surface area contributed by atoms with Crippen LogP contribution in [0.5, 0.6) is 0 Å². The highest BCUT2D eigenvalue weighted by molar-refractivity contribution is 5.21. The van der Waals surface area contributed by atoms with Crippen LogP contribution in [0.4, 0.5) is 0 Å². The second-order valence-electron chi connectivity index (χ2n) is 15.6. The molecule has 0 bridgehead atoms. The van der Waals surface area contributed by atoms with E-state index in [4.69, 9.17) is 4.74 Å². The Hall–Kier alpha value is -0.200. The van der Waals surface area contributed by atoms with Gasteiger partial charge >= 0.3 is 0 Å². The molecule has 1 saturated heterocycles. The standard InChI is InChI=1S/C30H52O5/c1-25(2)20-10-13-28(6)21(27(20,5)16-19(32)24(25)33)15-18(31)23-17(9-12-29(23,28)7)30(8)14-11-22(35-30)26(3,4)34/h17-24,31-34H,9-16H2,1-8H3/t17-,18+,19+,20-,21+,22-,23-,24-,27-,28+,29+,30+/m0/s1. The normalized spacial score (nSPS) is 57.9. The maximum Gasteiger partial charge on any atom is 0.0865 e. The summed E-state index contributed by atoms with van der Waals surface area (Å²) in [5.74, 6) is 1.11. The minimum absolute atomic E-state index is 0.00166. The van der Waals surface area contributed by atoms with E-state index in [0.717, 1.165) is 44.9 Å². The van der Waals surface area contributed by atoms with Crippen LogP contribution in [0.2, 0.25) is 0 Å². The fraction of sp³-hybridized carbons (Fsp3) is 1.00. The van der Waals surface area contributed by atoms with Gasteiger partial charge in [0.05, 0.1) is 35.6 Å². The Morgan fingerprint density at radius 2 is 1.40 bits per heavy atom. The lowest BCUT2D eigenvalue weighted by Crippen LogP contribution is -2.68. The summed E-state index contributed by atoms with van der Waals surface area (Å²) in [6.07, 6.45) is 5.56. The van der Waals surface area contributed by atoms with Gasteiger partial charge in [-0.2, -0.15) is 0 Å². The van der Waals surface area contributed by atoms with Crippen molar-refractivity contribution in [3.63, 3.8) is 0 Å². The summed E-state index contributed by atoms with van der Waals surface area (Å²) in [7, 11) is 0. The molecule has 4 saturated carbocycles. The van der Waals surface area contributed by atoms with E-state index in [2.05, 4.69) is 41.5 Å². The predicted molar refractivity (Wildman–Crippen MR) is 137 cm³/mol. The third-order valence-electron chi connectivity index (χ3n) is 13.2. The first-order valence-electron chi connectivity index (χ1n) is 14.4. The first kappa shape index (κ1) is 26.4. The third kappa shape index (κ3) is 3.36. The molecule has 12 atom stereocenters. The van der Waals surface area contributed by atoms with Gasteiger partial charge in [-0.15, -0.1) is 0 Å². The largest absolute Gasteiger partial charge is 0.393 e. The number of rotatable bonds is 2. The van der Waals surface area contributed by atoms with Crippen LogP contribution < -0.4 is 0 Å². The van der Waals surface area contributed by atoms with Crippen LogP contribution in [-0.2, 0) is 4.74 Å². The Bertz CT molecular complexity index is 850. The minimum atomic E-state index is -0.853. The van der Waals surface area contributed by atoms with Crippen molar-refractivity contribution in [2.75, 3.05) is 0 Å². The number of aliphatic hydroxyl groups is 4. The second kappa shape index (κ2) is 7.68. The van der Waals surface area contributed by atoms with E-state index in [1.807, 2.05) is 13.8 Å². The first-order valence-corrected chi connectivity index (χ1v) is 14.4. The van der Waals surface area contributed by atoms with Crippen LogP contribution >= 0.6 is 0 Å². The Morgan fingerprint density at radius 1 is 0.771 bits per heavy atom. The fourth-order valence-electron chi connectivity index (χ4n) is 11.2. The summed E-state index contributed by atoms with van der Waals surface area (Å²) >= 11 is 0. The minimum Gasteiger partial charge on any atom is -0.393 e. The van der Waals surface area contributed by atoms with Crippen LogP contribution in [0, 0.1) is 45.3 Å². The lowest BCUT2D eigenvalue weighted by Gasteiger charge is -2.71. The van der Waals surface area contributed by atoms with Crippen molar-refractivity contribution in [2.24, 2.45) is 45.3 Å². The topological polar surface area (TPSA) is 90.2 Å². The molecule has 0 aromatic heterocycles. The summed E-state index contributed by atoms with van der Waals surface area (Å²) in [5, 5.41) is 44.4. The molecule has 5 nitrogen and oxygen atoms in total. The van der Waals surface area contributed by atoms with Gasteiger partial charge in [-0.1, -0.05) is 34.6 Å². The van der Waals surface area contributed by atoms with Crippen LogP contribution in [0.3, 0.4) is 0 Å². The maximum absolute atomic E-state index is 11.9. The van der Waals surface area contributed by atoms with Gasteiger partial charge in [0.25, 0.3) is 0 Å². The molecular formula is C30H52O5. The molecule has 0 unspecified atom stereocenters. The zero-order valence-electron chi connectivity index (χ0n) is 23.5. The Balaban J connectivity index is 1.49. The summed E-state index contributed by atoms with van der Waals surface area (Å²) < 4.78 is 6.65. The Morgan fingerprint density at radius 3 is 2.00 bits per heavy atom. The Labute approximate surface area is 213 Å². The summed E-state index contributed by atoms with van der Waals surface area (Å²) in [5.41, 5.74) is -1.55. The monoisotopic (exact) mass is 492 g/mol. The molecule has 4 N–H and O–H groups in total. The van der Waals surface area contributed by atoms with Crippen molar-refractivity contribution in [2.45, 2.75) is 142 Å².